The molecule has 3 aromatic heterocycles. The molecule has 0 unspecified atom stereocenters. The van der Waals surface area contributed by atoms with Crippen LogP contribution >= 0.6 is 15.9 Å². The molecule has 40 heavy (non-hydrogen) atoms. The number of pyridine rings is 1. The number of fused-ring (bicyclic) bond motifs is 1. The number of benzene rings is 1. The first kappa shape index (κ1) is 27.1. The Morgan fingerprint density at radius 3 is 2.55 bits per heavy atom. The molecule has 3 amide bonds. The van der Waals surface area contributed by atoms with Crippen LogP contribution in [0.15, 0.2) is 59.6 Å². The number of likely N-dealkylation sites (tertiary alicyclic amines) is 1. The average Bonchev–Trinajstić information content (AvgIpc) is 3.49. The molecule has 0 spiro atoms. The number of carbonyl (C=O) groups is 4. The second-order valence-electron chi connectivity index (χ2n) is 9.35. The van der Waals surface area contributed by atoms with E-state index in [2.05, 4.69) is 36.2 Å². The van der Waals surface area contributed by atoms with Gasteiger partial charge in [-0.25, -0.2) is 19.3 Å². The highest BCUT2D eigenvalue weighted by Crippen LogP contribution is 2.29. The van der Waals surface area contributed by atoms with Gasteiger partial charge in [0, 0.05) is 47.0 Å². The number of amides is 3. The number of alkyl halides is 1. The van der Waals surface area contributed by atoms with E-state index >= 15 is 0 Å². The van der Waals surface area contributed by atoms with Crippen molar-refractivity contribution in [3.05, 3.63) is 71.0 Å². The Morgan fingerprint density at radius 1 is 1.12 bits per heavy atom. The zero-order valence-electron chi connectivity index (χ0n) is 21.2. The van der Waals surface area contributed by atoms with Crippen molar-refractivity contribution in [3.8, 4) is 11.1 Å². The van der Waals surface area contributed by atoms with Crippen LogP contribution in [0.2, 0.25) is 0 Å². The lowest BCUT2D eigenvalue weighted by atomic mass is 10.0. The summed E-state index contributed by atoms with van der Waals surface area (Å²) in [7, 11) is 0. The van der Waals surface area contributed by atoms with E-state index in [4.69, 9.17) is 5.73 Å². The van der Waals surface area contributed by atoms with Crippen LogP contribution in [0.3, 0.4) is 0 Å². The highest BCUT2D eigenvalue weighted by molar-refractivity contribution is 9.10. The standard InChI is InChI=1S/C27H23BrFN7O4/c1-14(37)19-12-35(20-6-5-15(7-18(19)20)16-9-31-26(25(30)39)32-10-16)13-24(38)36-11-17(29)8-21(36)27(40)34-23-4-2-3-22(28)33-23/h2-7,9-10,12,17,21H,8,11,13H2,1H3,(H2,30,39)(H,33,34,40)/t17-,21+/m1/s1. The molecule has 1 fully saturated rings. The minimum Gasteiger partial charge on any atom is -0.363 e. The van der Waals surface area contributed by atoms with Crippen LogP contribution in [0.4, 0.5) is 10.2 Å². The molecule has 1 aliphatic heterocycles. The van der Waals surface area contributed by atoms with Crippen molar-refractivity contribution >= 4 is 56.2 Å². The number of Topliss-reactive ketones (excluding diaryl/α,β-unsaturated/α-hetero) is 1. The topological polar surface area (TPSA) is 153 Å². The Bertz CT molecular complexity index is 1660. The molecule has 2 atom stereocenters. The van der Waals surface area contributed by atoms with E-state index in [9.17, 15) is 23.6 Å². The largest absolute Gasteiger partial charge is 0.363 e. The van der Waals surface area contributed by atoms with E-state index in [1.807, 2.05) is 0 Å². The van der Waals surface area contributed by atoms with Gasteiger partial charge < -0.3 is 20.5 Å². The first-order valence-electron chi connectivity index (χ1n) is 12.2. The maximum atomic E-state index is 14.4. The lowest BCUT2D eigenvalue weighted by molar-refractivity contribution is -0.137. The van der Waals surface area contributed by atoms with Crippen LogP contribution in [-0.2, 0) is 16.1 Å². The SMILES string of the molecule is CC(=O)c1cn(CC(=O)N2C[C@H](F)C[C@H]2C(=O)Nc2cccc(Br)n2)c2ccc(-c3cnc(C(N)=O)nc3)cc12. The maximum absolute atomic E-state index is 14.4. The number of aromatic nitrogens is 4. The van der Waals surface area contributed by atoms with Crippen LogP contribution in [0.1, 0.15) is 34.3 Å². The molecule has 11 nitrogen and oxygen atoms in total. The fourth-order valence-corrected chi connectivity index (χ4v) is 5.07. The van der Waals surface area contributed by atoms with Crippen molar-refractivity contribution in [3.63, 3.8) is 0 Å². The van der Waals surface area contributed by atoms with Gasteiger partial charge in [-0.2, -0.15) is 0 Å². The minimum atomic E-state index is -1.35. The third kappa shape index (κ3) is 5.45. The van der Waals surface area contributed by atoms with E-state index in [1.54, 1.807) is 47.2 Å². The zero-order chi connectivity index (χ0) is 28.6. The molecule has 5 rings (SSSR count). The summed E-state index contributed by atoms with van der Waals surface area (Å²) in [5, 5.41) is 3.24. The summed E-state index contributed by atoms with van der Waals surface area (Å²) in [5.41, 5.74) is 7.49. The van der Waals surface area contributed by atoms with Crippen LogP contribution in [0.25, 0.3) is 22.0 Å². The predicted molar refractivity (Wildman–Crippen MR) is 147 cm³/mol. The Labute approximate surface area is 235 Å². The third-order valence-corrected chi connectivity index (χ3v) is 7.05. The number of carbonyl (C=O) groups excluding carboxylic acids is 4. The number of anilines is 1. The van der Waals surface area contributed by atoms with Crippen molar-refractivity contribution in [2.45, 2.75) is 32.1 Å². The van der Waals surface area contributed by atoms with Gasteiger partial charge in [0.25, 0.3) is 5.91 Å². The Morgan fingerprint density at radius 2 is 1.88 bits per heavy atom. The van der Waals surface area contributed by atoms with Crippen LogP contribution in [0.5, 0.6) is 0 Å². The molecule has 1 aromatic carbocycles. The van der Waals surface area contributed by atoms with E-state index in [1.165, 1.54) is 24.2 Å². The third-order valence-electron chi connectivity index (χ3n) is 6.61. The van der Waals surface area contributed by atoms with Crippen molar-refractivity contribution in [2.75, 3.05) is 11.9 Å². The monoisotopic (exact) mass is 607 g/mol. The van der Waals surface area contributed by atoms with E-state index < -0.39 is 29.9 Å². The molecule has 13 heteroatoms. The number of hydrogen-bond donors (Lipinski definition) is 2. The molecule has 4 heterocycles. The van der Waals surface area contributed by atoms with Gasteiger partial charge in [-0.15, -0.1) is 0 Å². The summed E-state index contributed by atoms with van der Waals surface area (Å²) < 4.78 is 16.6. The second kappa shape index (κ2) is 10.9. The molecule has 204 valence electrons. The molecule has 0 bridgehead atoms. The predicted octanol–water partition coefficient (Wildman–Crippen LogP) is 3.14. The molecule has 3 N–H and O–H groups in total. The minimum absolute atomic E-state index is 0.115. The van der Waals surface area contributed by atoms with Gasteiger partial charge in [0.15, 0.2) is 5.78 Å². The highest BCUT2D eigenvalue weighted by atomic mass is 79.9. The molecular weight excluding hydrogens is 585 g/mol. The van der Waals surface area contributed by atoms with E-state index in [0.29, 0.717) is 32.2 Å². The molecule has 0 aliphatic carbocycles. The number of nitrogens with one attached hydrogen (secondary N) is 1. The summed E-state index contributed by atoms with van der Waals surface area (Å²) in [6.07, 6.45) is 3.01. The number of rotatable bonds is 7. The summed E-state index contributed by atoms with van der Waals surface area (Å²) in [5.74, 6) is -1.79. The number of nitrogens with zero attached hydrogens (tertiary/aromatic N) is 5. The normalized spacial score (nSPS) is 16.7. The number of hydrogen-bond acceptors (Lipinski definition) is 7. The fraction of sp³-hybridized carbons (Fsp3) is 0.222. The van der Waals surface area contributed by atoms with Gasteiger partial charge in [-0.05, 0) is 52.7 Å². The Balaban J connectivity index is 1.40. The summed E-state index contributed by atoms with van der Waals surface area (Å²) in [6.45, 7) is 1.00. The lowest BCUT2D eigenvalue weighted by Gasteiger charge is -2.24. The van der Waals surface area contributed by atoms with Crippen molar-refractivity contribution in [1.29, 1.82) is 0 Å². The molecule has 0 radical (unpaired) electrons. The molecule has 4 aromatic rings. The number of halogens is 2. The second-order valence-corrected chi connectivity index (χ2v) is 10.2. The van der Waals surface area contributed by atoms with Crippen molar-refractivity contribution in [1.82, 2.24) is 24.4 Å². The summed E-state index contributed by atoms with van der Waals surface area (Å²) in [4.78, 5) is 63.4. The first-order chi connectivity index (χ1) is 19.1. The van der Waals surface area contributed by atoms with E-state index in [0.717, 1.165) is 0 Å². The lowest BCUT2D eigenvalue weighted by Crippen LogP contribution is -2.44. The maximum Gasteiger partial charge on any atom is 0.286 e. The van der Waals surface area contributed by atoms with Gasteiger partial charge in [0.05, 0.1) is 6.54 Å². The molecule has 1 aliphatic rings. The number of nitrogens with two attached hydrogens (primary N) is 1. The molecular formula is C27H23BrFN7O4. The first-order valence-corrected chi connectivity index (χ1v) is 13.0. The van der Waals surface area contributed by atoms with Crippen LogP contribution < -0.4 is 11.1 Å². The summed E-state index contributed by atoms with van der Waals surface area (Å²) in [6, 6.07) is 9.27. The van der Waals surface area contributed by atoms with Gasteiger partial charge >= 0.3 is 0 Å². The number of ketones is 1. The van der Waals surface area contributed by atoms with Crippen LogP contribution in [-0.4, -0.2) is 66.7 Å². The quantitative estimate of drug-likeness (QED) is 0.242. The van der Waals surface area contributed by atoms with Gasteiger partial charge in [0.1, 0.15) is 29.2 Å². The van der Waals surface area contributed by atoms with Crippen LogP contribution in [0, 0.1) is 0 Å². The van der Waals surface area contributed by atoms with Crippen molar-refractivity contribution < 1.29 is 23.6 Å². The number of primary amides is 1. The van der Waals surface area contributed by atoms with Gasteiger partial charge in [-0.3, -0.25) is 19.2 Å². The van der Waals surface area contributed by atoms with Crippen molar-refractivity contribution in [2.24, 2.45) is 5.73 Å². The smallest absolute Gasteiger partial charge is 0.286 e. The average molecular weight is 608 g/mol. The van der Waals surface area contributed by atoms with Gasteiger partial charge in [-0.1, -0.05) is 12.1 Å². The highest BCUT2D eigenvalue weighted by Gasteiger charge is 2.40. The Kier molecular flexibility index (Phi) is 7.39. The Hall–Kier alpha value is -4.52. The fourth-order valence-electron chi connectivity index (χ4n) is 4.73. The molecule has 1 saturated heterocycles. The van der Waals surface area contributed by atoms with E-state index in [-0.39, 0.29) is 36.9 Å². The molecule has 0 saturated carbocycles. The van der Waals surface area contributed by atoms with Gasteiger partial charge in [0.2, 0.25) is 17.6 Å². The zero-order valence-corrected chi connectivity index (χ0v) is 22.8. The summed E-state index contributed by atoms with van der Waals surface area (Å²) >= 11 is 3.24.